The Kier molecular flexibility index (Phi) is 20.3. The number of fused-ring (bicyclic) bond motifs is 2. The highest BCUT2D eigenvalue weighted by atomic mass is 127. The van der Waals surface area contributed by atoms with E-state index >= 15 is 0 Å². The van der Waals surface area contributed by atoms with Gasteiger partial charge in [-0.1, -0.05) is 56.1 Å². The van der Waals surface area contributed by atoms with Crippen LogP contribution < -0.4 is 4.90 Å². The van der Waals surface area contributed by atoms with Gasteiger partial charge in [-0.05, 0) is 194 Å². The molecule has 4 N–H and O–H groups in total. The average molecular weight is 1550 g/mol. The third kappa shape index (κ3) is 14.0. The molecule has 0 bridgehead atoms. The van der Waals surface area contributed by atoms with E-state index in [1.807, 2.05) is 48.6 Å². The Hall–Kier alpha value is 0.0100. The zero-order valence-electron chi connectivity index (χ0n) is 33.3. The molecule has 0 radical (unpaired) electrons. The number of aliphatic carboxylic acids is 2. The fourth-order valence-electron chi connectivity index (χ4n) is 8.10. The summed E-state index contributed by atoms with van der Waals surface area (Å²) >= 11 is 13.9. The Labute approximate surface area is 440 Å². The Bertz CT molecular complexity index is 2420. The number of hydrogen-bond acceptors (Lipinski definition) is 7. The van der Waals surface area contributed by atoms with Crippen molar-refractivity contribution in [1.82, 2.24) is 0 Å². The summed E-state index contributed by atoms with van der Waals surface area (Å²) < 4.78 is 76.0. The summed E-state index contributed by atoms with van der Waals surface area (Å²) in [5, 5.41) is 18.4. The lowest BCUT2D eigenvalue weighted by Crippen LogP contribution is -2.33. The minimum atomic E-state index is -4.43. The molecule has 334 valence electrons. The molecule has 2 aliphatic heterocycles. The van der Waals surface area contributed by atoms with Gasteiger partial charge in [0.05, 0.1) is 16.7 Å². The highest BCUT2D eigenvalue weighted by Gasteiger charge is 2.50. The van der Waals surface area contributed by atoms with Gasteiger partial charge in [-0.25, -0.2) is 0 Å². The number of benzene rings is 2. The van der Waals surface area contributed by atoms with Gasteiger partial charge in [0.2, 0.25) is 5.69 Å². The molecule has 4 rings (SSSR count). The molecule has 0 aliphatic carbocycles. The third-order valence-corrected chi connectivity index (χ3v) is 22.5. The first-order valence-corrected chi connectivity index (χ1v) is 29.0. The molecule has 0 saturated heterocycles. The maximum Gasteiger partial charge on any atom is 0.326 e. The maximum absolute atomic E-state index is 12.4. The van der Waals surface area contributed by atoms with Crippen molar-refractivity contribution in [2.45, 2.75) is 95.3 Å². The Balaban J connectivity index is 1.73. The zero-order chi connectivity index (χ0) is 45.5. The van der Waals surface area contributed by atoms with E-state index in [0.29, 0.717) is 50.0 Å². The van der Waals surface area contributed by atoms with Crippen molar-refractivity contribution < 1.29 is 50.3 Å². The second kappa shape index (κ2) is 23.1. The van der Waals surface area contributed by atoms with Crippen LogP contribution in [0, 0.1) is 21.4 Å². The molecule has 61 heavy (non-hydrogen) atoms. The molecule has 2 heterocycles. The SMILES string of the molecule is CC1(CCCCCC(=O)O)C(=CC=CC=CC=CC2=[N+](CS(=O)(=O)O)c3cc(I)c(I)c(I)c3C2(C)CCCCCC(=O)O)N(CCCS(=O)(=O)O)c2cc(I)c(I)c(I)c21. The predicted octanol–water partition coefficient (Wildman–Crippen LogP) is 11.2. The number of unbranched alkanes of at least 4 members (excludes halogenated alkanes) is 4. The van der Waals surface area contributed by atoms with Crippen molar-refractivity contribution in [3.05, 3.63) is 92.9 Å². The largest absolute Gasteiger partial charge is 0.481 e. The number of rotatable bonds is 22. The molecular formula is C41H47I6N2O10S2+. The number of carbonyl (C=O) groups is 2. The standard InChI is InChI=1S/C41H46I6N2O10S2/c1-40(19-12-6-10-17-32(50)51)30(48(21-14-22-60(54,55)56)28-23-26(42)36(44)38(46)34(28)40)15-8-4-3-5-9-16-31-41(2,20-13-7-11-18-33(52)53)35-29(49(31)25-61(57,58)59)24-27(43)37(45)39(35)47/h3-5,8-9,15-16,23-24H,6-7,10-14,17-22,25H2,1-2H3,(H3-,50,51,52,53,54,55,56,57,58,59)/p+1. The van der Waals surface area contributed by atoms with E-state index in [2.05, 4.69) is 160 Å². The van der Waals surface area contributed by atoms with Crippen LogP contribution >= 0.6 is 136 Å². The average Bonchev–Trinajstić information content (AvgIpc) is 3.50. The van der Waals surface area contributed by atoms with Crippen molar-refractivity contribution in [1.29, 1.82) is 0 Å². The number of nitrogens with zero attached hydrogens (tertiary/aromatic N) is 2. The number of hydrogen-bond donors (Lipinski definition) is 4. The van der Waals surface area contributed by atoms with Crippen molar-refractivity contribution in [2.75, 3.05) is 23.1 Å². The molecule has 2 aromatic carbocycles. The number of carboxylic acids is 2. The number of halogens is 6. The molecular weight excluding hydrogens is 1510 g/mol. The van der Waals surface area contributed by atoms with Crippen LogP contribution in [0.5, 0.6) is 0 Å². The van der Waals surface area contributed by atoms with Gasteiger partial charge in [0, 0.05) is 75.3 Å². The summed E-state index contributed by atoms with van der Waals surface area (Å²) in [5.41, 5.74) is 4.32. The molecule has 0 amide bonds. The third-order valence-electron chi connectivity index (χ3n) is 10.8. The van der Waals surface area contributed by atoms with Crippen LogP contribution in [0.15, 0.2) is 60.4 Å². The van der Waals surface area contributed by atoms with Gasteiger partial charge >= 0.3 is 22.1 Å². The van der Waals surface area contributed by atoms with E-state index < -0.39 is 48.9 Å². The lowest BCUT2D eigenvalue weighted by molar-refractivity contribution is -0.416. The van der Waals surface area contributed by atoms with Crippen LogP contribution in [0.2, 0.25) is 0 Å². The highest BCUT2D eigenvalue weighted by Crippen LogP contribution is 2.54. The summed E-state index contributed by atoms with van der Waals surface area (Å²) in [4.78, 5) is 24.5. The van der Waals surface area contributed by atoms with E-state index in [4.69, 9.17) is 5.11 Å². The summed E-state index contributed by atoms with van der Waals surface area (Å²) in [6.07, 6.45) is 19.0. The van der Waals surface area contributed by atoms with Crippen LogP contribution in [0.4, 0.5) is 11.4 Å². The molecule has 0 spiro atoms. The van der Waals surface area contributed by atoms with Gasteiger partial charge in [0.25, 0.3) is 16.0 Å². The smallest absolute Gasteiger partial charge is 0.326 e. The summed E-state index contributed by atoms with van der Waals surface area (Å²) in [6.45, 7) is 4.60. The summed E-state index contributed by atoms with van der Waals surface area (Å²) in [6, 6.07) is 4.06. The fourth-order valence-corrected chi connectivity index (χ4v) is 14.5. The van der Waals surface area contributed by atoms with E-state index in [-0.39, 0.29) is 25.0 Å². The monoisotopic (exact) mass is 1550 g/mol. The van der Waals surface area contributed by atoms with Gasteiger partial charge in [0.15, 0.2) is 5.71 Å². The molecule has 2 aliphatic rings. The Morgan fingerprint density at radius 3 is 1.75 bits per heavy atom. The topological polar surface area (TPSA) is 190 Å². The van der Waals surface area contributed by atoms with Crippen LogP contribution in [0.1, 0.15) is 95.6 Å². The van der Waals surface area contributed by atoms with E-state index in [0.717, 1.165) is 63.2 Å². The predicted molar refractivity (Wildman–Crippen MR) is 291 cm³/mol. The fraction of sp³-hybridized carbons (Fsp3) is 0.439. The van der Waals surface area contributed by atoms with E-state index in [9.17, 15) is 40.6 Å². The molecule has 2 atom stereocenters. The minimum Gasteiger partial charge on any atom is -0.481 e. The molecule has 0 aromatic heterocycles. The van der Waals surface area contributed by atoms with Crippen LogP contribution in [0.25, 0.3) is 0 Å². The normalized spacial score (nSPS) is 20.0. The second-order valence-corrected chi connectivity index (χ2v) is 25.0. The van der Waals surface area contributed by atoms with Crippen LogP contribution in [-0.4, -0.2) is 76.6 Å². The van der Waals surface area contributed by atoms with E-state index in [1.54, 1.807) is 4.58 Å². The number of anilines is 1. The van der Waals surface area contributed by atoms with Crippen molar-refractivity contribution in [2.24, 2.45) is 0 Å². The number of allylic oxidation sites excluding steroid dienone is 8. The van der Waals surface area contributed by atoms with Crippen molar-refractivity contribution >= 4 is 185 Å². The number of carboxylic acid groups (broad SMARTS) is 2. The van der Waals surface area contributed by atoms with Gasteiger partial charge < -0.3 is 15.1 Å². The summed E-state index contributed by atoms with van der Waals surface area (Å²) in [5.74, 6) is -2.68. The first kappa shape index (κ1) is 53.6. The lowest BCUT2D eigenvalue weighted by atomic mass is 9.75. The highest BCUT2D eigenvalue weighted by molar-refractivity contribution is 14.1. The molecule has 0 fully saturated rings. The Morgan fingerprint density at radius 1 is 0.672 bits per heavy atom. The van der Waals surface area contributed by atoms with Gasteiger partial charge in [-0.15, -0.1) is 0 Å². The molecule has 2 unspecified atom stereocenters. The first-order chi connectivity index (χ1) is 28.4. The van der Waals surface area contributed by atoms with Crippen LogP contribution in [-0.2, 0) is 40.7 Å². The second-order valence-electron chi connectivity index (χ2n) is 15.3. The van der Waals surface area contributed by atoms with Gasteiger partial charge in [-0.3, -0.25) is 18.7 Å². The molecule has 12 nitrogen and oxygen atoms in total. The van der Waals surface area contributed by atoms with Crippen LogP contribution in [0.3, 0.4) is 0 Å². The van der Waals surface area contributed by atoms with Crippen molar-refractivity contribution in [3.8, 4) is 0 Å². The summed E-state index contributed by atoms with van der Waals surface area (Å²) in [7, 11) is -8.61. The molecule has 20 heteroatoms. The van der Waals surface area contributed by atoms with Gasteiger partial charge in [-0.2, -0.15) is 21.4 Å². The Morgan fingerprint density at radius 2 is 1.20 bits per heavy atom. The quantitative estimate of drug-likeness (QED) is 0.0219. The zero-order valence-corrected chi connectivity index (χ0v) is 47.9. The lowest BCUT2D eigenvalue weighted by Gasteiger charge is -2.31. The maximum atomic E-state index is 12.4. The van der Waals surface area contributed by atoms with Gasteiger partial charge in [0.1, 0.15) is 0 Å². The van der Waals surface area contributed by atoms with E-state index in [1.165, 1.54) is 0 Å². The van der Waals surface area contributed by atoms with Crippen molar-refractivity contribution in [3.63, 3.8) is 0 Å². The molecule has 0 saturated carbocycles. The first-order valence-electron chi connectivity index (χ1n) is 19.3. The minimum absolute atomic E-state index is 0.0756. The molecule has 2 aromatic rings.